The first kappa shape index (κ1) is 22.3. The minimum Gasteiger partial charge on any atom is -0.490 e. The number of nitrogens with zero attached hydrogens (tertiary/aromatic N) is 1. The molecule has 8 heteroatoms. The van der Waals surface area contributed by atoms with Crippen molar-refractivity contribution in [2.45, 2.75) is 26.4 Å². The van der Waals surface area contributed by atoms with Crippen molar-refractivity contribution in [1.29, 1.82) is 0 Å². The molecule has 174 valence electrons. The molecule has 5 rings (SSSR count). The minimum absolute atomic E-state index is 0.0447. The van der Waals surface area contributed by atoms with Crippen LogP contribution in [-0.4, -0.2) is 24.0 Å². The van der Waals surface area contributed by atoms with Gasteiger partial charge < -0.3 is 23.2 Å². The van der Waals surface area contributed by atoms with Gasteiger partial charge in [0.25, 0.3) is 5.91 Å². The van der Waals surface area contributed by atoms with Crippen molar-refractivity contribution in [1.82, 2.24) is 4.90 Å². The number of amides is 1. The van der Waals surface area contributed by atoms with Crippen molar-refractivity contribution in [3.8, 4) is 11.5 Å². The van der Waals surface area contributed by atoms with Crippen molar-refractivity contribution >= 4 is 32.8 Å². The van der Waals surface area contributed by atoms with Gasteiger partial charge in [-0.05, 0) is 61.9 Å². The summed E-state index contributed by atoms with van der Waals surface area (Å²) < 4.78 is 23.8. The molecule has 2 aromatic heterocycles. The first-order valence-corrected chi connectivity index (χ1v) is 11.8. The van der Waals surface area contributed by atoms with Crippen LogP contribution in [0.25, 0.3) is 11.0 Å². The van der Waals surface area contributed by atoms with Gasteiger partial charge in [-0.1, -0.05) is 22.0 Å². The van der Waals surface area contributed by atoms with E-state index in [-0.39, 0.29) is 23.6 Å². The molecule has 1 aliphatic heterocycles. The highest BCUT2D eigenvalue weighted by Crippen LogP contribution is 2.42. The molecule has 2 aromatic carbocycles. The van der Waals surface area contributed by atoms with E-state index in [2.05, 4.69) is 15.9 Å². The van der Waals surface area contributed by atoms with Crippen LogP contribution in [0.5, 0.6) is 11.5 Å². The molecule has 0 fully saturated rings. The van der Waals surface area contributed by atoms with Gasteiger partial charge in [-0.2, -0.15) is 0 Å². The summed E-state index contributed by atoms with van der Waals surface area (Å²) in [7, 11) is 0. The number of ether oxygens (including phenoxy) is 2. The van der Waals surface area contributed by atoms with E-state index >= 15 is 0 Å². The van der Waals surface area contributed by atoms with Crippen molar-refractivity contribution in [2.24, 2.45) is 0 Å². The van der Waals surface area contributed by atoms with E-state index in [1.165, 1.54) is 0 Å². The van der Waals surface area contributed by atoms with E-state index in [1.54, 1.807) is 47.6 Å². The second-order valence-electron chi connectivity index (χ2n) is 7.80. The molecule has 0 radical (unpaired) electrons. The molecule has 0 N–H and O–H groups in total. The third-order valence-corrected chi connectivity index (χ3v) is 6.21. The summed E-state index contributed by atoms with van der Waals surface area (Å²) in [4.78, 5) is 28.8. The van der Waals surface area contributed by atoms with Crippen molar-refractivity contribution in [3.63, 3.8) is 0 Å². The average molecular weight is 524 g/mol. The van der Waals surface area contributed by atoms with Gasteiger partial charge in [0.2, 0.25) is 5.76 Å². The second-order valence-corrected chi connectivity index (χ2v) is 8.72. The summed E-state index contributed by atoms with van der Waals surface area (Å²) in [6, 6.07) is 13.5. The Balaban J connectivity index is 1.72. The predicted molar refractivity (Wildman–Crippen MR) is 129 cm³/mol. The van der Waals surface area contributed by atoms with Gasteiger partial charge in [-0.15, -0.1) is 0 Å². The average Bonchev–Trinajstić information content (AvgIpc) is 3.43. The molecule has 7 nitrogen and oxygen atoms in total. The second kappa shape index (κ2) is 9.02. The lowest BCUT2D eigenvalue weighted by molar-refractivity contribution is 0.0701. The molecule has 1 unspecified atom stereocenters. The third-order valence-electron chi connectivity index (χ3n) is 5.72. The zero-order valence-corrected chi connectivity index (χ0v) is 20.3. The zero-order valence-electron chi connectivity index (χ0n) is 18.7. The topological polar surface area (TPSA) is 82.1 Å². The van der Waals surface area contributed by atoms with Crippen LogP contribution in [0.1, 0.15) is 47.3 Å². The van der Waals surface area contributed by atoms with Crippen molar-refractivity contribution in [3.05, 3.63) is 92.1 Å². The SMILES string of the molecule is CCOc1ccc(C2c3c(oc4ccc(Br)cc4c3=O)C(=O)N2Cc2ccco2)cc1OCC. The Labute approximate surface area is 204 Å². The molecular formula is C26H22BrNO6. The van der Waals surface area contributed by atoms with Gasteiger partial charge in [0.15, 0.2) is 16.9 Å². The number of furan rings is 1. The fourth-order valence-corrected chi connectivity index (χ4v) is 4.67. The molecular weight excluding hydrogens is 502 g/mol. The normalized spacial score (nSPS) is 15.1. The van der Waals surface area contributed by atoms with Gasteiger partial charge in [-0.25, -0.2) is 0 Å². The van der Waals surface area contributed by atoms with Crippen molar-refractivity contribution in [2.75, 3.05) is 13.2 Å². The van der Waals surface area contributed by atoms with Crippen LogP contribution in [0.3, 0.4) is 0 Å². The van der Waals surface area contributed by atoms with Gasteiger partial charge >= 0.3 is 0 Å². The molecule has 34 heavy (non-hydrogen) atoms. The Hall–Kier alpha value is -3.52. The summed E-state index contributed by atoms with van der Waals surface area (Å²) in [5.41, 5.74) is 1.13. The third kappa shape index (κ3) is 3.77. The van der Waals surface area contributed by atoms with E-state index in [0.29, 0.717) is 52.6 Å². The van der Waals surface area contributed by atoms with E-state index in [4.69, 9.17) is 18.3 Å². The highest BCUT2D eigenvalue weighted by Gasteiger charge is 2.43. The number of fused-ring (bicyclic) bond motifs is 2. The molecule has 1 amide bonds. The number of halogens is 1. The van der Waals surface area contributed by atoms with E-state index in [0.717, 1.165) is 4.47 Å². The highest BCUT2D eigenvalue weighted by molar-refractivity contribution is 9.10. The maximum Gasteiger partial charge on any atom is 0.291 e. The monoisotopic (exact) mass is 523 g/mol. The Kier molecular flexibility index (Phi) is 5.91. The molecule has 0 aliphatic carbocycles. The van der Waals surface area contributed by atoms with Crippen LogP contribution in [0.15, 0.2) is 72.9 Å². The standard InChI is InChI=1S/C26H22BrNO6/c1-3-31-20-9-7-15(12-21(20)32-4-2)23-22-24(29)18-13-16(27)8-10-19(18)34-25(22)26(30)28(23)14-17-6-5-11-33-17/h5-13,23H,3-4,14H2,1-2H3. The van der Waals surface area contributed by atoms with Gasteiger partial charge in [0.05, 0.1) is 43.0 Å². The summed E-state index contributed by atoms with van der Waals surface area (Å²) in [6.45, 7) is 4.89. The molecule has 1 aliphatic rings. The van der Waals surface area contributed by atoms with Crippen molar-refractivity contribution < 1.29 is 23.1 Å². The quantitative estimate of drug-likeness (QED) is 0.309. The first-order valence-electron chi connectivity index (χ1n) is 11.0. The van der Waals surface area contributed by atoms with Crippen LogP contribution in [0.2, 0.25) is 0 Å². The van der Waals surface area contributed by atoms with Crippen LogP contribution >= 0.6 is 15.9 Å². The first-order chi connectivity index (χ1) is 16.5. The number of rotatable bonds is 7. The number of carbonyl (C=O) groups excluding carboxylic acids is 1. The smallest absolute Gasteiger partial charge is 0.291 e. The number of carbonyl (C=O) groups is 1. The van der Waals surface area contributed by atoms with Gasteiger partial charge in [-0.3, -0.25) is 9.59 Å². The van der Waals surface area contributed by atoms with Crippen LogP contribution in [0, 0.1) is 0 Å². The predicted octanol–water partition coefficient (Wildman–Crippen LogP) is 5.69. The zero-order chi connectivity index (χ0) is 23.8. The molecule has 1 atom stereocenters. The molecule has 4 aromatic rings. The Bertz CT molecular complexity index is 1430. The highest BCUT2D eigenvalue weighted by atomic mass is 79.9. The number of hydrogen-bond acceptors (Lipinski definition) is 6. The summed E-state index contributed by atoms with van der Waals surface area (Å²) in [5, 5.41) is 0.404. The summed E-state index contributed by atoms with van der Waals surface area (Å²) >= 11 is 3.42. The van der Waals surface area contributed by atoms with Gasteiger partial charge in [0, 0.05) is 4.47 Å². The fraction of sp³-hybridized carbons (Fsp3) is 0.231. The number of benzene rings is 2. The summed E-state index contributed by atoms with van der Waals surface area (Å²) in [6.07, 6.45) is 1.55. The lowest BCUT2D eigenvalue weighted by Gasteiger charge is -2.25. The molecule has 0 saturated carbocycles. The Morgan fingerprint density at radius 3 is 2.53 bits per heavy atom. The van der Waals surface area contributed by atoms with Gasteiger partial charge in [0.1, 0.15) is 11.3 Å². The lowest BCUT2D eigenvalue weighted by atomic mass is 9.98. The van der Waals surface area contributed by atoms with Crippen LogP contribution in [-0.2, 0) is 6.54 Å². The summed E-state index contributed by atoms with van der Waals surface area (Å²) in [5.74, 6) is 1.42. The molecule has 0 saturated heterocycles. The Morgan fingerprint density at radius 2 is 1.79 bits per heavy atom. The van der Waals surface area contributed by atoms with Crippen LogP contribution < -0.4 is 14.9 Å². The van der Waals surface area contributed by atoms with E-state index in [1.807, 2.05) is 26.0 Å². The Morgan fingerprint density at radius 1 is 1.00 bits per heavy atom. The maximum absolute atomic E-state index is 13.7. The minimum atomic E-state index is -0.679. The largest absolute Gasteiger partial charge is 0.490 e. The molecule has 0 bridgehead atoms. The fourth-order valence-electron chi connectivity index (χ4n) is 4.31. The van der Waals surface area contributed by atoms with Crippen LogP contribution in [0.4, 0.5) is 0 Å². The number of hydrogen-bond donors (Lipinski definition) is 0. The van der Waals surface area contributed by atoms with E-state index in [9.17, 15) is 9.59 Å². The van der Waals surface area contributed by atoms with E-state index < -0.39 is 6.04 Å². The molecule has 3 heterocycles. The maximum atomic E-state index is 13.7. The lowest BCUT2D eigenvalue weighted by Crippen LogP contribution is -2.29. The molecule has 0 spiro atoms.